The quantitative estimate of drug-likeness (QED) is 0.562. The lowest BCUT2D eigenvalue weighted by molar-refractivity contribution is 0.282. The van der Waals surface area contributed by atoms with Crippen LogP contribution < -0.4 is 5.32 Å². The molecule has 2 N–H and O–H groups in total. The second kappa shape index (κ2) is 7.33. The van der Waals surface area contributed by atoms with Gasteiger partial charge in [0.1, 0.15) is 0 Å². The van der Waals surface area contributed by atoms with Gasteiger partial charge < -0.3 is 10.4 Å². The molecule has 0 spiro atoms. The molecule has 4 aromatic rings. The maximum absolute atomic E-state index is 9.36. The molecule has 0 bridgehead atoms. The van der Waals surface area contributed by atoms with E-state index >= 15 is 0 Å². The van der Waals surface area contributed by atoms with E-state index in [4.69, 9.17) is 0 Å². The molecular formula is C20H19N5O. The molecule has 1 aromatic carbocycles. The van der Waals surface area contributed by atoms with Gasteiger partial charge in [0, 0.05) is 36.9 Å². The lowest BCUT2D eigenvalue weighted by atomic mass is 10.1. The van der Waals surface area contributed by atoms with Crippen molar-refractivity contribution in [3.05, 3.63) is 78.5 Å². The number of nitrogens with one attached hydrogen (secondary N) is 1. The molecule has 6 nitrogen and oxygen atoms in total. The molecule has 3 aromatic heterocycles. The van der Waals surface area contributed by atoms with Crippen LogP contribution in [0.1, 0.15) is 11.1 Å². The smallest absolute Gasteiger partial charge is 0.180 e. The van der Waals surface area contributed by atoms with Crippen LogP contribution in [0.5, 0.6) is 0 Å². The Balaban J connectivity index is 1.58. The normalized spacial score (nSPS) is 11.0. The summed E-state index contributed by atoms with van der Waals surface area (Å²) in [4.78, 5) is 13.0. The summed E-state index contributed by atoms with van der Waals surface area (Å²) in [5.41, 5.74) is 4.87. The number of aliphatic hydroxyl groups is 1. The van der Waals surface area contributed by atoms with E-state index in [1.165, 1.54) is 5.56 Å². The molecule has 0 unspecified atom stereocenters. The van der Waals surface area contributed by atoms with Crippen molar-refractivity contribution in [2.75, 3.05) is 11.9 Å². The molecule has 0 aliphatic heterocycles. The van der Waals surface area contributed by atoms with Crippen LogP contribution in [0.2, 0.25) is 0 Å². The SMILES string of the molecule is OCc1cccc(-c2cnc3c(NCCc4ccncc4)nccn23)c1. The summed E-state index contributed by atoms with van der Waals surface area (Å²) in [6, 6.07) is 11.9. The Morgan fingerprint density at radius 3 is 2.73 bits per heavy atom. The molecule has 0 amide bonds. The van der Waals surface area contributed by atoms with E-state index in [9.17, 15) is 5.11 Å². The van der Waals surface area contributed by atoms with Gasteiger partial charge in [-0.25, -0.2) is 9.97 Å². The number of aromatic nitrogens is 4. The third-order valence-corrected chi connectivity index (χ3v) is 4.29. The topological polar surface area (TPSA) is 75.3 Å². The van der Waals surface area contributed by atoms with Crippen molar-refractivity contribution in [2.24, 2.45) is 0 Å². The van der Waals surface area contributed by atoms with Gasteiger partial charge in [-0.3, -0.25) is 9.38 Å². The summed E-state index contributed by atoms with van der Waals surface area (Å²) in [6.45, 7) is 0.785. The molecule has 4 rings (SSSR count). The third kappa shape index (κ3) is 3.27. The minimum Gasteiger partial charge on any atom is -0.392 e. The van der Waals surface area contributed by atoms with Crippen molar-refractivity contribution in [2.45, 2.75) is 13.0 Å². The fourth-order valence-electron chi connectivity index (χ4n) is 2.96. The standard InChI is InChI=1S/C20H19N5O/c26-14-16-2-1-3-17(12-16)18-13-24-20-19(23-10-11-25(18)20)22-9-6-15-4-7-21-8-5-15/h1-5,7-8,10-13,26H,6,9,14H2,(H,22,23). The number of rotatable bonds is 6. The number of fused-ring (bicyclic) bond motifs is 1. The third-order valence-electron chi connectivity index (χ3n) is 4.29. The van der Waals surface area contributed by atoms with E-state index in [1.807, 2.05) is 53.2 Å². The van der Waals surface area contributed by atoms with E-state index in [1.54, 1.807) is 18.6 Å². The first-order chi connectivity index (χ1) is 12.8. The number of imidazole rings is 1. The molecule has 130 valence electrons. The van der Waals surface area contributed by atoms with Gasteiger partial charge in [-0.2, -0.15) is 0 Å². The number of hydrogen-bond acceptors (Lipinski definition) is 5. The summed E-state index contributed by atoms with van der Waals surface area (Å²) in [6.07, 6.45) is 9.99. The van der Waals surface area contributed by atoms with Crippen LogP contribution in [0.15, 0.2) is 67.4 Å². The number of anilines is 1. The number of aliphatic hydroxyl groups excluding tert-OH is 1. The fourth-order valence-corrected chi connectivity index (χ4v) is 2.96. The van der Waals surface area contributed by atoms with Crippen molar-refractivity contribution < 1.29 is 5.11 Å². The number of hydrogen-bond donors (Lipinski definition) is 2. The van der Waals surface area contributed by atoms with Crippen LogP contribution in [0, 0.1) is 0 Å². The second-order valence-electron chi connectivity index (χ2n) is 6.00. The summed E-state index contributed by atoms with van der Waals surface area (Å²) in [7, 11) is 0. The van der Waals surface area contributed by atoms with Crippen LogP contribution in [0.4, 0.5) is 5.82 Å². The minimum atomic E-state index is 0.0218. The molecule has 0 saturated heterocycles. The molecule has 0 fully saturated rings. The molecule has 0 atom stereocenters. The average molecular weight is 345 g/mol. The van der Waals surface area contributed by atoms with Crippen LogP contribution in [0.3, 0.4) is 0 Å². The highest BCUT2D eigenvalue weighted by Crippen LogP contribution is 2.24. The molecule has 0 aliphatic carbocycles. The zero-order chi connectivity index (χ0) is 17.8. The van der Waals surface area contributed by atoms with Gasteiger partial charge in [0.2, 0.25) is 0 Å². The Kier molecular flexibility index (Phi) is 4.57. The first-order valence-corrected chi connectivity index (χ1v) is 8.50. The summed E-state index contributed by atoms with van der Waals surface area (Å²) in [5, 5.41) is 12.7. The van der Waals surface area contributed by atoms with Gasteiger partial charge in [0.15, 0.2) is 11.5 Å². The monoisotopic (exact) mass is 345 g/mol. The van der Waals surface area contributed by atoms with Gasteiger partial charge >= 0.3 is 0 Å². The van der Waals surface area contributed by atoms with Gasteiger partial charge in [-0.05, 0) is 35.7 Å². The number of nitrogens with zero attached hydrogens (tertiary/aromatic N) is 4. The molecule has 0 aliphatic rings. The first-order valence-electron chi connectivity index (χ1n) is 8.50. The number of benzene rings is 1. The van der Waals surface area contributed by atoms with Gasteiger partial charge in [0.05, 0.1) is 18.5 Å². The van der Waals surface area contributed by atoms with Crippen molar-refractivity contribution >= 4 is 11.5 Å². The van der Waals surface area contributed by atoms with E-state index in [-0.39, 0.29) is 6.61 Å². The van der Waals surface area contributed by atoms with Gasteiger partial charge in [-0.1, -0.05) is 18.2 Å². The summed E-state index contributed by atoms with van der Waals surface area (Å²) >= 11 is 0. The van der Waals surface area contributed by atoms with Crippen LogP contribution in [-0.4, -0.2) is 31.0 Å². The van der Waals surface area contributed by atoms with E-state index in [0.717, 1.165) is 41.3 Å². The molecule has 26 heavy (non-hydrogen) atoms. The van der Waals surface area contributed by atoms with Gasteiger partial charge in [-0.15, -0.1) is 0 Å². The zero-order valence-electron chi connectivity index (χ0n) is 14.2. The fraction of sp³-hybridized carbons (Fsp3) is 0.150. The summed E-state index contributed by atoms with van der Waals surface area (Å²) < 4.78 is 2.01. The van der Waals surface area contributed by atoms with Crippen molar-refractivity contribution in [1.29, 1.82) is 0 Å². The second-order valence-corrected chi connectivity index (χ2v) is 6.00. The van der Waals surface area contributed by atoms with Gasteiger partial charge in [0.25, 0.3) is 0 Å². The van der Waals surface area contributed by atoms with Crippen molar-refractivity contribution in [3.63, 3.8) is 0 Å². The molecule has 0 saturated carbocycles. The number of pyridine rings is 1. The highest BCUT2D eigenvalue weighted by atomic mass is 16.3. The Bertz CT molecular complexity index is 1010. The Hall–Kier alpha value is -3.25. The highest BCUT2D eigenvalue weighted by Gasteiger charge is 2.10. The highest BCUT2D eigenvalue weighted by molar-refractivity contribution is 5.70. The predicted octanol–water partition coefficient (Wildman–Crippen LogP) is 2.94. The molecule has 0 radical (unpaired) electrons. The van der Waals surface area contributed by atoms with Crippen molar-refractivity contribution in [1.82, 2.24) is 19.4 Å². The Labute approximate surface area is 151 Å². The van der Waals surface area contributed by atoms with Crippen molar-refractivity contribution in [3.8, 4) is 11.3 Å². The van der Waals surface area contributed by atoms with E-state index in [2.05, 4.69) is 20.3 Å². The summed E-state index contributed by atoms with van der Waals surface area (Å²) in [5.74, 6) is 0.756. The van der Waals surface area contributed by atoms with E-state index in [0.29, 0.717) is 0 Å². The lowest BCUT2D eigenvalue weighted by Gasteiger charge is -2.08. The predicted molar refractivity (Wildman–Crippen MR) is 101 cm³/mol. The zero-order valence-corrected chi connectivity index (χ0v) is 14.2. The maximum Gasteiger partial charge on any atom is 0.180 e. The molecule has 3 heterocycles. The Morgan fingerprint density at radius 2 is 1.88 bits per heavy atom. The lowest BCUT2D eigenvalue weighted by Crippen LogP contribution is -2.08. The van der Waals surface area contributed by atoms with Crippen LogP contribution in [0.25, 0.3) is 16.9 Å². The first kappa shape index (κ1) is 16.2. The average Bonchev–Trinajstić information content (AvgIpc) is 3.14. The molecule has 6 heteroatoms. The Morgan fingerprint density at radius 1 is 1.00 bits per heavy atom. The van der Waals surface area contributed by atoms with Crippen LogP contribution >= 0.6 is 0 Å². The van der Waals surface area contributed by atoms with Crippen LogP contribution in [-0.2, 0) is 13.0 Å². The minimum absolute atomic E-state index is 0.0218. The van der Waals surface area contributed by atoms with E-state index < -0.39 is 0 Å². The maximum atomic E-state index is 9.36. The molecular weight excluding hydrogens is 326 g/mol. The largest absolute Gasteiger partial charge is 0.392 e.